The van der Waals surface area contributed by atoms with Crippen molar-refractivity contribution in [3.05, 3.63) is 136 Å². The average molecular weight is 639 g/mol. The van der Waals surface area contributed by atoms with Crippen molar-refractivity contribution in [1.29, 1.82) is 0 Å². The lowest BCUT2D eigenvalue weighted by atomic mass is 9.96. The molecule has 0 aliphatic carbocycles. The van der Waals surface area contributed by atoms with Gasteiger partial charge in [0.15, 0.2) is 0 Å². The Kier molecular flexibility index (Phi) is 11.4. The molecule has 1 unspecified atom stereocenters. The fourth-order valence-electron chi connectivity index (χ4n) is 5.68. The van der Waals surface area contributed by atoms with Gasteiger partial charge in [-0.05, 0) is 46.5 Å². The summed E-state index contributed by atoms with van der Waals surface area (Å²) in [6, 6.07) is 35.0. The summed E-state index contributed by atoms with van der Waals surface area (Å²) >= 11 is 6.18. The van der Waals surface area contributed by atoms with Crippen LogP contribution < -0.4 is 10.1 Å². The molecule has 3 amide bonds. The first kappa shape index (κ1) is 32.7. The van der Waals surface area contributed by atoms with Crippen molar-refractivity contribution in [2.45, 2.75) is 19.0 Å². The first-order valence-corrected chi connectivity index (χ1v) is 15.8. The Morgan fingerprint density at radius 3 is 2.00 bits per heavy atom. The maximum atomic E-state index is 13.6. The number of hydrogen-bond acceptors (Lipinski definition) is 5. The summed E-state index contributed by atoms with van der Waals surface area (Å²) < 4.78 is 5.20. The van der Waals surface area contributed by atoms with Crippen LogP contribution in [0.5, 0.6) is 5.75 Å². The summed E-state index contributed by atoms with van der Waals surface area (Å²) in [5.41, 5.74) is 4.03. The van der Waals surface area contributed by atoms with Crippen LogP contribution in [0.1, 0.15) is 28.3 Å². The molecule has 0 saturated carbocycles. The summed E-state index contributed by atoms with van der Waals surface area (Å²) in [4.78, 5) is 45.6. The van der Waals surface area contributed by atoms with E-state index < -0.39 is 0 Å². The van der Waals surface area contributed by atoms with Crippen molar-refractivity contribution in [2.24, 2.45) is 0 Å². The van der Waals surface area contributed by atoms with Crippen molar-refractivity contribution in [3.63, 3.8) is 0 Å². The highest BCUT2D eigenvalue weighted by atomic mass is 35.5. The largest absolute Gasteiger partial charge is 0.497 e. The molecule has 1 N–H and O–H groups in total. The van der Waals surface area contributed by atoms with Gasteiger partial charge in [-0.25, -0.2) is 0 Å². The quantitative estimate of drug-likeness (QED) is 0.237. The van der Waals surface area contributed by atoms with Crippen LogP contribution in [-0.4, -0.2) is 78.8 Å². The van der Waals surface area contributed by atoms with E-state index in [1.807, 2.05) is 97.1 Å². The van der Waals surface area contributed by atoms with Crippen molar-refractivity contribution in [1.82, 2.24) is 20.0 Å². The molecule has 5 rings (SSSR count). The summed E-state index contributed by atoms with van der Waals surface area (Å²) in [7, 11) is 1.60. The lowest BCUT2D eigenvalue weighted by Gasteiger charge is -2.40. The van der Waals surface area contributed by atoms with Gasteiger partial charge < -0.3 is 19.9 Å². The van der Waals surface area contributed by atoms with Gasteiger partial charge in [0.25, 0.3) is 0 Å². The Hall–Kier alpha value is -4.66. The molecular weight excluding hydrogens is 600 g/mol. The third kappa shape index (κ3) is 8.96. The van der Waals surface area contributed by atoms with Crippen LogP contribution in [0.25, 0.3) is 0 Å². The number of piperazine rings is 1. The Balaban J connectivity index is 1.23. The maximum absolute atomic E-state index is 13.6. The second-order valence-corrected chi connectivity index (χ2v) is 11.8. The summed E-state index contributed by atoms with van der Waals surface area (Å²) in [6.07, 6.45) is 0.105. The van der Waals surface area contributed by atoms with Gasteiger partial charge >= 0.3 is 0 Å². The van der Waals surface area contributed by atoms with E-state index in [1.165, 1.54) is 10.5 Å². The fraction of sp³-hybridized carbons (Fsp3) is 0.270. The lowest BCUT2D eigenvalue weighted by Crippen LogP contribution is -2.53. The number of amides is 3. The number of hydrogen-bond donors (Lipinski definition) is 1. The van der Waals surface area contributed by atoms with Crippen LogP contribution in [0.2, 0.25) is 5.02 Å². The van der Waals surface area contributed by atoms with Gasteiger partial charge in [-0.2, -0.15) is 0 Å². The van der Waals surface area contributed by atoms with Crippen LogP contribution in [-0.2, 0) is 27.3 Å². The maximum Gasteiger partial charge on any atom is 0.242 e. The minimum atomic E-state index is -0.330. The molecule has 1 saturated heterocycles. The molecule has 1 aliphatic rings. The standard InChI is InChI=1S/C37H39ClN4O4/c1-46-33-18-12-29(13-19-33)25-39-34(43)26-42(35(44)24-28-8-4-2-5-9-28)27-36(45)40-20-22-41(23-21-40)37(30-10-6-3-7-11-30)31-14-16-32(38)17-15-31/h2-19,37H,20-27H2,1H3,(H,39,43). The summed E-state index contributed by atoms with van der Waals surface area (Å²) in [6.45, 7) is 2.28. The Bertz CT molecular complexity index is 1580. The third-order valence-electron chi connectivity index (χ3n) is 8.19. The minimum Gasteiger partial charge on any atom is -0.497 e. The molecule has 238 valence electrons. The molecule has 9 heteroatoms. The van der Waals surface area contributed by atoms with Gasteiger partial charge in [0.1, 0.15) is 18.8 Å². The molecule has 1 aliphatic heterocycles. The zero-order valence-electron chi connectivity index (χ0n) is 26.0. The van der Waals surface area contributed by atoms with Crippen molar-refractivity contribution in [2.75, 3.05) is 46.4 Å². The monoisotopic (exact) mass is 638 g/mol. The number of rotatable bonds is 12. The SMILES string of the molecule is COc1ccc(CNC(=O)CN(CC(=O)N2CCN(C(c3ccccc3)c3ccc(Cl)cc3)CC2)C(=O)Cc2ccccc2)cc1. The highest BCUT2D eigenvalue weighted by molar-refractivity contribution is 6.30. The number of nitrogens with zero attached hydrogens (tertiary/aromatic N) is 3. The number of benzene rings is 4. The number of halogens is 1. The van der Waals surface area contributed by atoms with E-state index >= 15 is 0 Å². The van der Waals surface area contributed by atoms with Crippen LogP contribution in [0.15, 0.2) is 109 Å². The molecule has 1 atom stereocenters. The van der Waals surface area contributed by atoms with Gasteiger partial charge in [-0.3, -0.25) is 19.3 Å². The van der Waals surface area contributed by atoms with E-state index in [2.05, 4.69) is 22.3 Å². The molecule has 4 aromatic carbocycles. The van der Waals surface area contributed by atoms with E-state index in [0.717, 1.165) is 22.4 Å². The topological polar surface area (TPSA) is 82.2 Å². The first-order valence-electron chi connectivity index (χ1n) is 15.4. The first-order chi connectivity index (χ1) is 22.4. The molecule has 0 radical (unpaired) electrons. The Morgan fingerprint density at radius 1 is 0.761 bits per heavy atom. The molecule has 8 nitrogen and oxygen atoms in total. The van der Waals surface area contributed by atoms with Gasteiger partial charge in [0, 0.05) is 37.7 Å². The smallest absolute Gasteiger partial charge is 0.242 e. The predicted octanol–water partition coefficient (Wildman–Crippen LogP) is 4.97. The number of nitrogens with one attached hydrogen (secondary N) is 1. The van der Waals surface area contributed by atoms with Gasteiger partial charge in [-0.1, -0.05) is 96.5 Å². The van der Waals surface area contributed by atoms with E-state index in [1.54, 1.807) is 12.0 Å². The zero-order chi connectivity index (χ0) is 32.3. The molecule has 0 spiro atoms. The zero-order valence-corrected chi connectivity index (χ0v) is 26.7. The molecular formula is C37H39ClN4O4. The van der Waals surface area contributed by atoms with E-state index in [9.17, 15) is 14.4 Å². The van der Waals surface area contributed by atoms with Crippen LogP contribution in [0.3, 0.4) is 0 Å². The number of methoxy groups -OCH3 is 1. The number of carbonyl (C=O) groups is 3. The van der Waals surface area contributed by atoms with Crippen LogP contribution in [0.4, 0.5) is 0 Å². The molecule has 46 heavy (non-hydrogen) atoms. The number of ether oxygens (including phenoxy) is 1. The molecule has 1 heterocycles. The third-order valence-corrected chi connectivity index (χ3v) is 8.45. The van der Waals surface area contributed by atoms with E-state index in [4.69, 9.17) is 16.3 Å². The Morgan fingerprint density at radius 2 is 1.37 bits per heavy atom. The van der Waals surface area contributed by atoms with Gasteiger partial charge in [-0.15, -0.1) is 0 Å². The molecule has 1 fully saturated rings. The average Bonchev–Trinajstić information content (AvgIpc) is 3.09. The van der Waals surface area contributed by atoms with E-state index in [0.29, 0.717) is 37.7 Å². The number of carbonyl (C=O) groups excluding carboxylic acids is 3. The van der Waals surface area contributed by atoms with Crippen LogP contribution in [0, 0.1) is 0 Å². The highest BCUT2D eigenvalue weighted by Crippen LogP contribution is 2.30. The normalized spacial score (nSPS) is 13.9. The van der Waals surface area contributed by atoms with Gasteiger partial charge in [0.2, 0.25) is 17.7 Å². The molecule has 4 aromatic rings. The predicted molar refractivity (Wildman–Crippen MR) is 179 cm³/mol. The molecule has 0 bridgehead atoms. The second-order valence-electron chi connectivity index (χ2n) is 11.3. The Labute approximate surface area is 275 Å². The van der Waals surface area contributed by atoms with Gasteiger partial charge in [0.05, 0.1) is 19.6 Å². The summed E-state index contributed by atoms with van der Waals surface area (Å²) in [5, 5.41) is 3.56. The summed E-state index contributed by atoms with van der Waals surface area (Å²) in [5.74, 6) is -0.0485. The molecule has 0 aromatic heterocycles. The second kappa shape index (κ2) is 16.1. The lowest BCUT2D eigenvalue weighted by molar-refractivity contribution is -0.143. The van der Waals surface area contributed by atoms with E-state index in [-0.39, 0.29) is 43.3 Å². The van der Waals surface area contributed by atoms with Crippen molar-refractivity contribution >= 4 is 29.3 Å². The van der Waals surface area contributed by atoms with Crippen molar-refractivity contribution in [3.8, 4) is 5.75 Å². The highest BCUT2D eigenvalue weighted by Gasteiger charge is 2.30. The van der Waals surface area contributed by atoms with Crippen LogP contribution >= 0.6 is 11.6 Å². The minimum absolute atomic E-state index is 0.0223. The van der Waals surface area contributed by atoms with Crippen molar-refractivity contribution < 1.29 is 19.1 Å². The fourth-order valence-corrected chi connectivity index (χ4v) is 5.80.